The minimum absolute atomic E-state index is 0.198. The van der Waals surface area contributed by atoms with Crippen LogP contribution in [0.2, 0.25) is 5.02 Å². The third-order valence-electron chi connectivity index (χ3n) is 4.65. The molecule has 2 atom stereocenters. The van der Waals surface area contributed by atoms with Crippen molar-refractivity contribution in [1.82, 2.24) is 5.32 Å². The first-order valence-electron chi connectivity index (χ1n) is 8.75. The molecule has 3 amide bonds. The highest BCUT2D eigenvalue weighted by Crippen LogP contribution is 2.27. The van der Waals surface area contributed by atoms with Gasteiger partial charge in [-0.2, -0.15) is 0 Å². The van der Waals surface area contributed by atoms with Crippen molar-refractivity contribution in [3.8, 4) is 0 Å². The van der Waals surface area contributed by atoms with E-state index in [0.29, 0.717) is 22.3 Å². The molecule has 2 unspecified atom stereocenters. The molecule has 7 heteroatoms. The summed E-state index contributed by atoms with van der Waals surface area (Å²) in [5.41, 5.74) is 1.01. The van der Waals surface area contributed by atoms with Gasteiger partial charge in [0.15, 0.2) is 5.76 Å². The largest absolute Gasteiger partial charge is 0.459 e. The van der Waals surface area contributed by atoms with Crippen molar-refractivity contribution < 1.29 is 14.0 Å². The van der Waals surface area contributed by atoms with Crippen molar-refractivity contribution in [2.45, 2.75) is 38.6 Å². The fourth-order valence-corrected chi connectivity index (χ4v) is 3.38. The molecule has 0 aliphatic heterocycles. The molecule has 1 aliphatic rings. The Hall–Kier alpha value is -2.47. The van der Waals surface area contributed by atoms with E-state index in [2.05, 4.69) is 22.9 Å². The highest BCUT2D eigenvalue weighted by molar-refractivity contribution is 6.34. The van der Waals surface area contributed by atoms with Gasteiger partial charge in [-0.05, 0) is 49.1 Å². The molecule has 3 rings (SSSR count). The summed E-state index contributed by atoms with van der Waals surface area (Å²) in [6, 6.07) is 8.09. The number of furan rings is 1. The van der Waals surface area contributed by atoms with Gasteiger partial charge < -0.3 is 20.4 Å². The van der Waals surface area contributed by atoms with Crippen molar-refractivity contribution >= 4 is 34.9 Å². The zero-order valence-corrected chi connectivity index (χ0v) is 15.3. The van der Waals surface area contributed by atoms with E-state index in [1.165, 1.54) is 12.7 Å². The van der Waals surface area contributed by atoms with E-state index >= 15 is 0 Å². The average Bonchev–Trinajstić information content (AvgIpc) is 3.14. The second-order valence-corrected chi connectivity index (χ2v) is 7.00. The Bertz CT molecular complexity index is 776. The summed E-state index contributed by atoms with van der Waals surface area (Å²) in [6.45, 7) is 2.16. The number of carbonyl (C=O) groups excluding carboxylic acids is 2. The second-order valence-electron chi connectivity index (χ2n) is 6.59. The fourth-order valence-electron chi connectivity index (χ4n) is 3.15. The zero-order chi connectivity index (χ0) is 18.5. The lowest BCUT2D eigenvalue weighted by Crippen LogP contribution is -2.43. The number of hydrogen-bond acceptors (Lipinski definition) is 3. The van der Waals surface area contributed by atoms with Gasteiger partial charge in [-0.15, -0.1) is 0 Å². The smallest absolute Gasteiger partial charge is 0.319 e. The molecule has 1 aromatic carbocycles. The van der Waals surface area contributed by atoms with Crippen LogP contribution in [0.1, 0.15) is 43.2 Å². The molecular weight excluding hydrogens is 354 g/mol. The Morgan fingerprint density at radius 1 is 1.15 bits per heavy atom. The van der Waals surface area contributed by atoms with Gasteiger partial charge in [0.1, 0.15) is 0 Å². The second kappa shape index (κ2) is 8.27. The standard InChI is InChI=1S/C19H22ClN3O3/c1-12-5-2-3-6-15(12)23-19(25)21-13-8-9-16(14(20)11-13)22-18(24)17-7-4-10-26-17/h4,7-12,15H,2-3,5-6H2,1H3,(H,22,24)(H2,21,23,25). The van der Waals surface area contributed by atoms with Crippen LogP contribution in [-0.2, 0) is 0 Å². The van der Waals surface area contributed by atoms with Gasteiger partial charge >= 0.3 is 6.03 Å². The molecule has 0 spiro atoms. The molecule has 1 fully saturated rings. The quantitative estimate of drug-likeness (QED) is 0.711. The van der Waals surface area contributed by atoms with Crippen molar-refractivity contribution in [1.29, 1.82) is 0 Å². The number of nitrogens with one attached hydrogen (secondary N) is 3. The van der Waals surface area contributed by atoms with Crippen LogP contribution in [-0.4, -0.2) is 18.0 Å². The Morgan fingerprint density at radius 2 is 1.96 bits per heavy atom. The molecule has 1 saturated carbocycles. The summed E-state index contributed by atoms with van der Waals surface area (Å²) in [7, 11) is 0. The van der Waals surface area contributed by atoms with Crippen molar-refractivity contribution in [3.63, 3.8) is 0 Å². The monoisotopic (exact) mass is 375 g/mol. The molecule has 0 radical (unpaired) electrons. The molecule has 1 heterocycles. The molecule has 2 aromatic rings. The van der Waals surface area contributed by atoms with Crippen molar-refractivity contribution in [2.24, 2.45) is 5.92 Å². The van der Waals surface area contributed by atoms with Crippen LogP contribution < -0.4 is 16.0 Å². The summed E-state index contributed by atoms with van der Waals surface area (Å²) in [5, 5.41) is 8.82. The van der Waals surface area contributed by atoms with Crippen LogP contribution in [0, 0.1) is 5.92 Å². The SMILES string of the molecule is CC1CCCCC1NC(=O)Nc1ccc(NC(=O)c2ccco2)c(Cl)c1. The fraction of sp³-hybridized carbons (Fsp3) is 0.368. The third-order valence-corrected chi connectivity index (χ3v) is 4.96. The summed E-state index contributed by atoms with van der Waals surface area (Å²) in [5.74, 6) is 0.295. The Morgan fingerprint density at radius 3 is 2.65 bits per heavy atom. The maximum absolute atomic E-state index is 12.2. The van der Waals surface area contributed by atoms with Crippen LogP contribution in [0.3, 0.4) is 0 Å². The van der Waals surface area contributed by atoms with Crippen LogP contribution in [0.25, 0.3) is 0 Å². The molecule has 0 bridgehead atoms. The predicted octanol–water partition coefficient (Wildman–Crippen LogP) is 4.89. The van der Waals surface area contributed by atoms with Gasteiger partial charge in [0, 0.05) is 11.7 Å². The first kappa shape index (κ1) is 18.3. The number of amides is 3. The first-order chi connectivity index (χ1) is 12.5. The summed E-state index contributed by atoms with van der Waals surface area (Å²) >= 11 is 6.22. The lowest BCUT2D eigenvalue weighted by Gasteiger charge is -2.29. The zero-order valence-electron chi connectivity index (χ0n) is 14.5. The number of carbonyl (C=O) groups is 2. The van der Waals surface area contributed by atoms with E-state index < -0.39 is 0 Å². The van der Waals surface area contributed by atoms with Gasteiger partial charge in [-0.25, -0.2) is 4.79 Å². The molecule has 3 N–H and O–H groups in total. The minimum atomic E-state index is -0.387. The molecular formula is C19H22ClN3O3. The highest BCUT2D eigenvalue weighted by atomic mass is 35.5. The van der Waals surface area contributed by atoms with Crippen LogP contribution in [0.15, 0.2) is 41.0 Å². The van der Waals surface area contributed by atoms with Gasteiger partial charge in [-0.1, -0.05) is 31.4 Å². The molecule has 6 nitrogen and oxygen atoms in total. The van der Waals surface area contributed by atoms with Gasteiger partial charge in [0.25, 0.3) is 5.91 Å². The average molecular weight is 376 g/mol. The van der Waals surface area contributed by atoms with E-state index in [0.717, 1.165) is 19.3 Å². The van der Waals surface area contributed by atoms with Gasteiger partial charge in [0.2, 0.25) is 0 Å². The van der Waals surface area contributed by atoms with E-state index in [1.54, 1.807) is 30.3 Å². The Balaban J connectivity index is 1.58. The molecule has 138 valence electrons. The number of urea groups is 1. The number of halogens is 1. The maximum Gasteiger partial charge on any atom is 0.319 e. The lowest BCUT2D eigenvalue weighted by molar-refractivity contribution is 0.0996. The van der Waals surface area contributed by atoms with Crippen LogP contribution in [0.5, 0.6) is 0 Å². The Kier molecular flexibility index (Phi) is 5.83. The third kappa shape index (κ3) is 4.58. The predicted molar refractivity (Wildman–Crippen MR) is 102 cm³/mol. The first-order valence-corrected chi connectivity index (χ1v) is 9.12. The summed E-state index contributed by atoms with van der Waals surface area (Å²) in [4.78, 5) is 24.2. The number of rotatable bonds is 4. The number of hydrogen-bond donors (Lipinski definition) is 3. The molecule has 26 heavy (non-hydrogen) atoms. The summed E-state index contributed by atoms with van der Waals surface area (Å²) in [6.07, 6.45) is 5.94. The van der Waals surface area contributed by atoms with Gasteiger partial charge in [-0.3, -0.25) is 4.79 Å². The van der Waals surface area contributed by atoms with E-state index in [-0.39, 0.29) is 23.7 Å². The van der Waals surface area contributed by atoms with Gasteiger partial charge in [0.05, 0.1) is 17.0 Å². The minimum Gasteiger partial charge on any atom is -0.459 e. The molecule has 1 aliphatic carbocycles. The van der Waals surface area contributed by atoms with E-state index in [1.807, 2.05) is 0 Å². The normalized spacial score (nSPS) is 19.6. The Labute approximate surface area is 157 Å². The van der Waals surface area contributed by atoms with Crippen molar-refractivity contribution in [2.75, 3.05) is 10.6 Å². The van der Waals surface area contributed by atoms with Crippen molar-refractivity contribution in [3.05, 3.63) is 47.4 Å². The maximum atomic E-state index is 12.2. The number of anilines is 2. The molecule has 1 aromatic heterocycles. The lowest BCUT2D eigenvalue weighted by atomic mass is 9.86. The van der Waals surface area contributed by atoms with Crippen LogP contribution >= 0.6 is 11.6 Å². The number of benzene rings is 1. The topological polar surface area (TPSA) is 83.4 Å². The van der Waals surface area contributed by atoms with E-state index in [9.17, 15) is 9.59 Å². The van der Waals surface area contributed by atoms with E-state index in [4.69, 9.17) is 16.0 Å². The summed E-state index contributed by atoms with van der Waals surface area (Å²) < 4.78 is 5.04. The molecule has 0 saturated heterocycles. The van der Waals surface area contributed by atoms with Crippen LogP contribution in [0.4, 0.5) is 16.2 Å². The highest BCUT2D eigenvalue weighted by Gasteiger charge is 2.22.